The Balaban J connectivity index is 1.98. The van der Waals surface area contributed by atoms with Crippen molar-refractivity contribution < 1.29 is 19.4 Å². The Hall–Kier alpha value is -2.73. The second-order valence-corrected chi connectivity index (χ2v) is 8.09. The van der Waals surface area contributed by atoms with Gasteiger partial charge in [0.1, 0.15) is 11.9 Å². The molecule has 1 aliphatic carbocycles. The highest BCUT2D eigenvalue weighted by atomic mass is 35.5. The standard InChI is InChI=1S/C24H29ClN2O4/c1-31-21-14-18(12-13-20(21)28)23(24(30)26-19-10-6-3-7-11-19)27(22(29)15-25)16-17-8-4-2-5-9-17/h2,4-5,8-9,12-14,19,23,28H,3,6-7,10-11,15-16H2,1H3,(H,26,30)/t23-/m1/s1. The number of alkyl halides is 1. The zero-order valence-corrected chi connectivity index (χ0v) is 18.5. The fourth-order valence-electron chi connectivity index (χ4n) is 4.04. The molecule has 0 aliphatic heterocycles. The van der Waals surface area contributed by atoms with Crippen LogP contribution >= 0.6 is 11.6 Å². The van der Waals surface area contributed by atoms with Crippen LogP contribution in [0.25, 0.3) is 0 Å². The van der Waals surface area contributed by atoms with Crippen LogP contribution in [0.4, 0.5) is 0 Å². The molecule has 0 aromatic heterocycles. The molecule has 0 radical (unpaired) electrons. The zero-order valence-electron chi connectivity index (χ0n) is 17.7. The minimum absolute atomic E-state index is 0.0315. The molecule has 0 bridgehead atoms. The monoisotopic (exact) mass is 444 g/mol. The van der Waals surface area contributed by atoms with E-state index in [0.29, 0.717) is 5.56 Å². The number of rotatable bonds is 8. The summed E-state index contributed by atoms with van der Waals surface area (Å²) in [5, 5.41) is 13.2. The van der Waals surface area contributed by atoms with E-state index >= 15 is 0 Å². The summed E-state index contributed by atoms with van der Waals surface area (Å²) in [5.74, 6) is -0.632. The van der Waals surface area contributed by atoms with Crippen molar-refractivity contribution in [3.8, 4) is 11.5 Å². The maximum atomic E-state index is 13.5. The van der Waals surface area contributed by atoms with Gasteiger partial charge in [-0.3, -0.25) is 9.59 Å². The van der Waals surface area contributed by atoms with Crippen LogP contribution in [0.3, 0.4) is 0 Å². The van der Waals surface area contributed by atoms with E-state index < -0.39 is 6.04 Å². The number of hydrogen-bond donors (Lipinski definition) is 2. The Labute approximate surface area is 188 Å². The highest BCUT2D eigenvalue weighted by Crippen LogP contribution is 2.33. The van der Waals surface area contributed by atoms with E-state index in [9.17, 15) is 14.7 Å². The van der Waals surface area contributed by atoms with Gasteiger partial charge in [-0.2, -0.15) is 0 Å². The number of carbonyl (C=O) groups excluding carboxylic acids is 2. The maximum Gasteiger partial charge on any atom is 0.247 e. The summed E-state index contributed by atoms with van der Waals surface area (Å²) in [6.45, 7) is 0.234. The molecule has 166 valence electrons. The Morgan fingerprint density at radius 3 is 2.52 bits per heavy atom. The van der Waals surface area contributed by atoms with Crippen molar-refractivity contribution in [2.24, 2.45) is 0 Å². The lowest BCUT2D eigenvalue weighted by Crippen LogP contribution is -2.47. The molecule has 6 nitrogen and oxygen atoms in total. The normalized spacial score (nSPS) is 15.2. The number of ether oxygens (including phenoxy) is 1. The largest absolute Gasteiger partial charge is 0.504 e. The Kier molecular flexibility index (Phi) is 8.18. The summed E-state index contributed by atoms with van der Waals surface area (Å²) < 4.78 is 5.24. The second-order valence-electron chi connectivity index (χ2n) is 7.82. The van der Waals surface area contributed by atoms with E-state index in [1.165, 1.54) is 24.5 Å². The van der Waals surface area contributed by atoms with Gasteiger partial charge in [-0.1, -0.05) is 55.7 Å². The number of amides is 2. The van der Waals surface area contributed by atoms with Crippen LogP contribution < -0.4 is 10.1 Å². The fourth-order valence-corrected chi connectivity index (χ4v) is 4.20. The summed E-state index contributed by atoms with van der Waals surface area (Å²) in [6, 6.07) is 13.4. The number of nitrogens with zero attached hydrogens (tertiary/aromatic N) is 1. The van der Waals surface area contributed by atoms with Crippen LogP contribution in [-0.4, -0.2) is 40.9 Å². The predicted octanol–water partition coefficient (Wildman–Crippen LogP) is 4.16. The molecule has 2 aromatic rings. The Bertz CT molecular complexity index is 884. The summed E-state index contributed by atoms with van der Waals surface area (Å²) in [5.41, 5.74) is 1.44. The van der Waals surface area contributed by atoms with Gasteiger partial charge in [0.25, 0.3) is 0 Å². The predicted molar refractivity (Wildman–Crippen MR) is 120 cm³/mol. The van der Waals surface area contributed by atoms with Gasteiger partial charge >= 0.3 is 0 Å². The number of hydrogen-bond acceptors (Lipinski definition) is 4. The molecule has 3 rings (SSSR count). The number of nitrogens with one attached hydrogen (secondary N) is 1. The van der Waals surface area contributed by atoms with Gasteiger partial charge in [-0.15, -0.1) is 11.6 Å². The average molecular weight is 445 g/mol. The molecule has 7 heteroatoms. The third-order valence-electron chi connectivity index (χ3n) is 5.66. The highest BCUT2D eigenvalue weighted by molar-refractivity contribution is 6.27. The van der Waals surface area contributed by atoms with E-state index in [1.807, 2.05) is 30.3 Å². The highest BCUT2D eigenvalue weighted by Gasteiger charge is 2.33. The first-order valence-electron chi connectivity index (χ1n) is 10.6. The van der Waals surface area contributed by atoms with Crippen molar-refractivity contribution in [1.29, 1.82) is 0 Å². The molecule has 1 atom stereocenters. The van der Waals surface area contributed by atoms with E-state index in [2.05, 4.69) is 5.32 Å². The fraction of sp³-hybridized carbons (Fsp3) is 0.417. The van der Waals surface area contributed by atoms with E-state index in [4.69, 9.17) is 16.3 Å². The SMILES string of the molecule is COc1cc([C@H](C(=O)NC2CCCCC2)N(Cc2ccccc2)C(=O)CCl)ccc1O. The molecular formula is C24H29ClN2O4. The van der Waals surface area contributed by atoms with Crippen molar-refractivity contribution in [3.05, 3.63) is 59.7 Å². The smallest absolute Gasteiger partial charge is 0.247 e. The molecule has 2 amide bonds. The van der Waals surface area contributed by atoms with E-state index in [0.717, 1.165) is 31.2 Å². The third-order valence-corrected chi connectivity index (χ3v) is 5.89. The molecule has 2 aromatic carbocycles. The second kappa shape index (κ2) is 11.0. The summed E-state index contributed by atoms with van der Waals surface area (Å²) >= 11 is 5.94. The van der Waals surface area contributed by atoms with Gasteiger partial charge < -0.3 is 20.1 Å². The quantitative estimate of drug-likeness (QED) is 0.599. The van der Waals surface area contributed by atoms with Crippen molar-refractivity contribution in [2.45, 2.75) is 50.7 Å². The molecule has 1 aliphatic rings. The third kappa shape index (κ3) is 5.91. The van der Waals surface area contributed by atoms with Crippen molar-refractivity contribution in [1.82, 2.24) is 10.2 Å². The lowest BCUT2D eigenvalue weighted by Gasteiger charge is -2.33. The average Bonchev–Trinajstić information content (AvgIpc) is 2.80. The van der Waals surface area contributed by atoms with Crippen LogP contribution in [0.1, 0.15) is 49.3 Å². The minimum Gasteiger partial charge on any atom is -0.504 e. The van der Waals surface area contributed by atoms with Gasteiger partial charge in [0.05, 0.1) is 7.11 Å². The summed E-state index contributed by atoms with van der Waals surface area (Å²) in [7, 11) is 1.45. The molecule has 0 heterocycles. The lowest BCUT2D eigenvalue weighted by molar-refractivity contribution is -0.140. The number of benzene rings is 2. The van der Waals surface area contributed by atoms with Gasteiger partial charge in [0, 0.05) is 12.6 Å². The molecule has 0 unspecified atom stereocenters. The topological polar surface area (TPSA) is 78.9 Å². The van der Waals surface area contributed by atoms with E-state index in [1.54, 1.807) is 12.1 Å². The van der Waals surface area contributed by atoms with Gasteiger partial charge in [0.15, 0.2) is 11.5 Å². The number of halogens is 1. The van der Waals surface area contributed by atoms with E-state index in [-0.39, 0.29) is 41.8 Å². The lowest BCUT2D eigenvalue weighted by atomic mass is 9.94. The van der Waals surface area contributed by atoms with Gasteiger partial charge in [-0.05, 0) is 36.1 Å². The molecule has 31 heavy (non-hydrogen) atoms. The first kappa shape index (κ1) is 22.9. The number of carbonyl (C=O) groups is 2. The molecular weight excluding hydrogens is 416 g/mol. The molecule has 0 spiro atoms. The summed E-state index contributed by atoms with van der Waals surface area (Å²) in [6.07, 6.45) is 5.20. The van der Waals surface area contributed by atoms with Gasteiger partial charge in [-0.25, -0.2) is 0 Å². The molecule has 1 saturated carbocycles. The number of aromatic hydroxyl groups is 1. The molecule has 1 fully saturated rings. The van der Waals surface area contributed by atoms with Crippen LogP contribution in [0.5, 0.6) is 11.5 Å². The van der Waals surface area contributed by atoms with Crippen molar-refractivity contribution in [3.63, 3.8) is 0 Å². The molecule has 0 saturated heterocycles. The first-order valence-corrected chi connectivity index (χ1v) is 11.1. The summed E-state index contributed by atoms with van der Waals surface area (Å²) in [4.78, 5) is 27.9. The minimum atomic E-state index is -0.900. The Morgan fingerprint density at radius 1 is 1.16 bits per heavy atom. The maximum absolute atomic E-state index is 13.5. The zero-order chi connectivity index (χ0) is 22.2. The number of methoxy groups -OCH3 is 1. The van der Waals surface area contributed by atoms with Crippen LogP contribution in [0, 0.1) is 0 Å². The number of phenols is 1. The van der Waals surface area contributed by atoms with Gasteiger partial charge in [0.2, 0.25) is 11.8 Å². The van der Waals surface area contributed by atoms with Crippen LogP contribution in [0.15, 0.2) is 48.5 Å². The number of phenolic OH excluding ortho intramolecular Hbond substituents is 1. The first-order chi connectivity index (χ1) is 15.0. The van der Waals surface area contributed by atoms with Crippen LogP contribution in [-0.2, 0) is 16.1 Å². The van der Waals surface area contributed by atoms with Crippen molar-refractivity contribution >= 4 is 23.4 Å². The Morgan fingerprint density at radius 2 is 1.87 bits per heavy atom. The van der Waals surface area contributed by atoms with Crippen molar-refractivity contribution in [2.75, 3.05) is 13.0 Å². The molecule has 2 N–H and O–H groups in total. The van der Waals surface area contributed by atoms with Crippen LogP contribution in [0.2, 0.25) is 0 Å².